The van der Waals surface area contributed by atoms with Gasteiger partial charge in [0.15, 0.2) is 0 Å². The molecular weight excluding hydrogens is 172 g/mol. The quantitative estimate of drug-likeness (QED) is 0.688. The summed E-state index contributed by atoms with van der Waals surface area (Å²) in [5.41, 5.74) is 0. The van der Waals surface area contributed by atoms with Crippen molar-refractivity contribution in [2.75, 3.05) is 26.2 Å². The van der Waals surface area contributed by atoms with Crippen molar-refractivity contribution in [3.05, 3.63) is 0 Å². The predicted octanol–water partition coefficient (Wildman–Crippen LogP) is 1.86. The molecule has 0 radical (unpaired) electrons. The summed E-state index contributed by atoms with van der Waals surface area (Å²) in [7, 11) is 0. The summed E-state index contributed by atoms with van der Waals surface area (Å²) < 4.78 is 0. The van der Waals surface area contributed by atoms with Gasteiger partial charge in [-0.15, -0.1) is 0 Å². The largest absolute Gasteiger partial charge is 0.317 e. The van der Waals surface area contributed by atoms with Gasteiger partial charge in [0.25, 0.3) is 0 Å². The number of nitrogens with one attached hydrogen (secondary N) is 1. The third kappa shape index (κ3) is 2.48. The third-order valence-corrected chi connectivity index (χ3v) is 3.88. The first-order valence-corrected chi connectivity index (χ1v) is 6.32. The molecule has 82 valence electrons. The van der Waals surface area contributed by atoms with Crippen molar-refractivity contribution in [2.45, 2.75) is 45.1 Å². The predicted molar refractivity (Wildman–Crippen MR) is 60.5 cm³/mol. The van der Waals surface area contributed by atoms with Crippen molar-refractivity contribution in [2.24, 2.45) is 5.92 Å². The summed E-state index contributed by atoms with van der Waals surface area (Å²) in [5, 5.41) is 3.48. The highest BCUT2D eigenvalue weighted by atomic mass is 15.2. The van der Waals surface area contributed by atoms with Crippen molar-refractivity contribution in [3.8, 4) is 0 Å². The van der Waals surface area contributed by atoms with E-state index in [2.05, 4.69) is 17.1 Å². The average molecular weight is 196 g/mol. The molecule has 2 atom stereocenters. The molecule has 0 amide bonds. The summed E-state index contributed by atoms with van der Waals surface area (Å²) in [6, 6.07) is 0.910. The second-order valence-corrected chi connectivity index (χ2v) is 4.97. The molecule has 2 rings (SSSR count). The minimum Gasteiger partial charge on any atom is -0.317 e. The minimum absolute atomic E-state index is 0.910. The molecule has 2 unspecified atom stereocenters. The lowest BCUT2D eigenvalue weighted by Crippen LogP contribution is -2.41. The summed E-state index contributed by atoms with van der Waals surface area (Å²) in [6.45, 7) is 7.52. The lowest BCUT2D eigenvalue weighted by atomic mass is 10.0. The van der Waals surface area contributed by atoms with E-state index in [9.17, 15) is 0 Å². The van der Waals surface area contributed by atoms with E-state index >= 15 is 0 Å². The number of hydrogen-bond acceptors (Lipinski definition) is 2. The lowest BCUT2D eigenvalue weighted by molar-refractivity contribution is 0.155. The van der Waals surface area contributed by atoms with E-state index in [0.717, 1.165) is 12.0 Å². The van der Waals surface area contributed by atoms with Crippen molar-refractivity contribution in [3.63, 3.8) is 0 Å². The van der Waals surface area contributed by atoms with E-state index in [4.69, 9.17) is 0 Å². The van der Waals surface area contributed by atoms with Gasteiger partial charge in [0, 0.05) is 6.04 Å². The van der Waals surface area contributed by atoms with Crippen LogP contribution < -0.4 is 5.32 Å². The Labute approximate surface area is 88.1 Å². The van der Waals surface area contributed by atoms with E-state index in [1.807, 2.05) is 0 Å². The molecule has 2 heteroatoms. The molecule has 0 aromatic carbocycles. The van der Waals surface area contributed by atoms with E-state index in [1.54, 1.807) is 0 Å². The maximum Gasteiger partial charge on any atom is 0.0121 e. The van der Waals surface area contributed by atoms with Crippen molar-refractivity contribution < 1.29 is 0 Å². The van der Waals surface area contributed by atoms with E-state index in [0.29, 0.717) is 0 Å². The molecule has 1 heterocycles. The standard InChI is InChI=1S/C12H24N2/c1-11-5-2-6-12(11)14-9-3-7-13-8-4-10-14/h11-13H,2-10H2,1H3. The minimum atomic E-state index is 0.910. The van der Waals surface area contributed by atoms with Gasteiger partial charge in [-0.1, -0.05) is 13.3 Å². The SMILES string of the molecule is CC1CCCC1N1CCCNCCC1. The van der Waals surface area contributed by atoms with Gasteiger partial charge in [-0.3, -0.25) is 0 Å². The fourth-order valence-electron chi connectivity index (χ4n) is 3.05. The number of hydrogen-bond donors (Lipinski definition) is 1. The van der Waals surface area contributed by atoms with Crippen molar-refractivity contribution >= 4 is 0 Å². The van der Waals surface area contributed by atoms with Crippen LogP contribution in [0.15, 0.2) is 0 Å². The van der Waals surface area contributed by atoms with Crippen LogP contribution in [0.2, 0.25) is 0 Å². The highest BCUT2D eigenvalue weighted by Crippen LogP contribution is 2.29. The number of nitrogens with zero attached hydrogens (tertiary/aromatic N) is 1. The van der Waals surface area contributed by atoms with E-state index in [-0.39, 0.29) is 0 Å². The molecule has 0 bridgehead atoms. The monoisotopic (exact) mass is 196 g/mol. The molecule has 2 fully saturated rings. The molecule has 0 spiro atoms. The summed E-state index contributed by atoms with van der Waals surface area (Å²) >= 11 is 0. The van der Waals surface area contributed by atoms with Gasteiger partial charge in [0.05, 0.1) is 0 Å². The normalized spacial score (nSPS) is 36.6. The van der Waals surface area contributed by atoms with E-state index in [1.165, 1.54) is 58.3 Å². The molecule has 0 aromatic heterocycles. The second kappa shape index (κ2) is 5.13. The van der Waals surface area contributed by atoms with Crippen LogP contribution in [0.5, 0.6) is 0 Å². The van der Waals surface area contributed by atoms with Crippen LogP contribution in [-0.2, 0) is 0 Å². The molecule has 1 aliphatic heterocycles. The maximum absolute atomic E-state index is 3.48. The molecule has 1 N–H and O–H groups in total. The smallest absolute Gasteiger partial charge is 0.0121 e. The van der Waals surface area contributed by atoms with Gasteiger partial charge in [-0.25, -0.2) is 0 Å². The van der Waals surface area contributed by atoms with Crippen molar-refractivity contribution in [1.29, 1.82) is 0 Å². The zero-order valence-corrected chi connectivity index (χ0v) is 9.47. The Morgan fingerprint density at radius 2 is 1.71 bits per heavy atom. The van der Waals surface area contributed by atoms with Crippen LogP contribution in [0, 0.1) is 5.92 Å². The molecule has 1 saturated heterocycles. The zero-order chi connectivity index (χ0) is 9.80. The van der Waals surface area contributed by atoms with Gasteiger partial charge in [-0.2, -0.15) is 0 Å². The summed E-state index contributed by atoms with van der Waals surface area (Å²) in [5.74, 6) is 0.947. The second-order valence-electron chi connectivity index (χ2n) is 4.97. The van der Waals surface area contributed by atoms with Gasteiger partial charge in [-0.05, 0) is 57.8 Å². The average Bonchev–Trinajstić information content (AvgIpc) is 2.51. The molecule has 2 nitrogen and oxygen atoms in total. The van der Waals surface area contributed by atoms with Crippen LogP contribution in [0.1, 0.15) is 39.0 Å². The van der Waals surface area contributed by atoms with E-state index < -0.39 is 0 Å². The first kappa shape index (κ1) is 10.4. The number of rotatable bonds is 1. The van der Waals surface area contributed by atoms with Gasteiger partial charge < -0.3 is 10.2 Å². The van der Waals surface area contributed by atoms with Crippen LogP contribution in [0.25, 0.3) is 0 Å². The molecule has 2 aliphatic rings. The van der Waals surface area contributed by atoms with Crippen LogP contribution in [-0.4, -0.2) is 37.1 Å². The molecule has 14 heavy (non-hydrogen) atoms. The highest BCUT2D eigenvalue weighted by Gasteiger charge is 2.28. The van der Waals surface area contributed by atoms with Crippen LogP contribution in [0.4, 0.5) is 0 Å². The molecular formula is C12H24N2. The Morgan fingerprint density at radius 3 is 2.29 bits per heavy atom. The molecule has 1 saturated carbocycles. The maximum atomic E-state index is 3.48. The first-order valence-electron chi connectivity index (χ1n) is 6.32. The Balaban J connectivity index is 1.86. The molecule has 1 aliphatic carbocycles. The summed E-state index contributed by atoms with van der Waals surface area (Å²) in [6.07, 6.45) is 7.04. The zero-order valence-electron chi connectivity index (χ0n) is 9.47. The fourth-order valence-corrected chi connectivity index (χ4v) is 3.05. The Kier molecular flexibility index (Phi) is 3.82. The Hall–Kier alpha value is -0.0800. The third-order valence-electron chi connectivity index (χ3n) is 3.88. The fraction of sp³-hybridized carbons (Fsp3) is 1.00. The van der Waals surface area contributed by atoms with Crippen molar-refractivity contribution in [1.82, 2.24) is 10.2 Å². The van der Waals surface area contributed by atoms with Gasteiger partial charge in [0.1, 0.15) is 0 Å². The van der Waals surface area contributed by atoms with Gasteiger partial charge in [0.2, 0.25) is 0 Å². The summed E-state index contributed by atoms with van der Waals surface area (Å²) in [4.78, 5) is 2.76. The molecule has 0 aromatic rings. The lowest BCUT2D eigenvalue weighted by Gasteiger charge is -2.33. The van der Waals surface area contributed by atoms with Crippen LogP contribution >= 0.6 is 0 Å². The van der Waals surface area contributed by atoms with Gasteiger partial charge >= 0.3 is 0 Å². The Bertz CT molecular complexity index is 162. The highest BCUT2D eigenvalue weighted by molar-refractivity contribution is 4.83. The topological polar surface area (TPSA) is 15.3 Å². The van der Waals surface area contributed by atoms with Crippen LogP contribution in [0.3, 0.4) is 0 Å². The Morgan fingerprint density at radius 1 is 1.00 bits per heavy atom. The first-order chi connectivity index (χ1) is 6.88.